The molecule has 3 amide bonds. The van der Waals surface area contributed by atoms with Gasteiger partial charge in [-0.15, -0.1) is 12.8 Å². The number of terminal acetylenes is 2. The Morgan fingerprint density at radius 3 is 2.29 bits per heavy atom. The van der Waals surface area contributed by atoms with E-state index in [9.17, 15) is 24.3 Å². The summed E-state index contributed by atoms with van der Waals surface area (Å²) in [7, 11) is 1.27. The van der Waals surface area contributed by atoms with Crippen LogP contribution in [0.3, 0.4) is 0 Å². The minimum atomic E-state index is -1.39. The highest BCUT2D eigenvalue weighted by molar-refractivity contribution is 6.10. The van der Waals surface area contributed by atoms with Gasteiger partial charge in [0.05, 0.1) is 18.4 Å². The van der Waals surface area contributed by atoms with Gasteiger partial charge < -0.3 is 19.9 Å². The Morgan fingerprint density at radius 1 is 1.06 bits per heavy atom. The Kier molecular flexibility index (Phi) is 7.37. The zero-order valence-electron chi connectivity index (χ0n) is 16.2. The summed E-state index contributed by atoms with van der Waals surface area (Å²) in [5.74, 6) is -0.379. The van der Waals surface area contributed by atoms with Gasteiger partial charge in [0.15, 0.2) is 18.2 Å². The number of nitrogens with one attached hydrogen (secondary N) is 1. The van der Waals surface area contributed by atoms with Crippen LogP contribution in [0.2, 0.25) is 0 Å². The molecule has 9 nitrogen and oxygen atoms in total. The number of carbonyl (C=O) groups is 4. The largest absolute Gasteiger partial charge is 0.493 e. The van der Waals surface area contributed by atoms with Crippen molar-refractivity contribution in [2.75, 3.05) is 19.2 Å². The van der Waals surface area contributed by atoms with Gasteiger partial charge in [0.2, 0.25) is 0 Å². The molecule has 2 N–H and O–H groups in total. The maximum atomic E-state index is 12.6. The molecule has 0 spiro atoms. The molecule has 2 rings (SSSR count). The van der Waals surface area contributed by atoms with Gasteiger partial charge >= 0.3 is 11.9 Å². The van der Waals surface area contributed by atoms with Gasteiger partial charge in [-0.25, -0.2) is 9.69 Å². The van der Waals surface area contributed by atoms with E-state index in [2.05, 4.69) is 5.32 Å². The average molecular weight is 420 g/mol. The lowest BCUT2D eigenvalue weighted by Gasteiger charge is -2.20. The lowest BCUT2D eigenvalue weighted by atomic mass is 10.1. The van der Waals surface area contributed by atoms with E-state index < -0.39 is 30.4 Å². The van der Waals surface area contributed by atoms with E-state index in [4.69, 9.17) is 22.3 Å². The molecule has 0 saturated heterocycles. The van der Waals surface area contributed by atoms with Crippen molar-refractivity contribution >= 4 is 29.4 Å². The Labute approximate surface area is 177 Å². The maximum Gasteiger partial charge on any atom is 0.337 e. The first-order chi connectivity index (χ1) is 14.8. The maximum absolute atomic E-state index is 12.6. The van der Waals surface area contributed by atoms with Crippen LogP contribution in [0.25, 0.3) is 0 Å². The molecule has 0 saturated carbocycles. The molecule has 0 aliphatic rings. The van der Waals surface area contributed by atoms with Gasteiger partial charge in [0.25, 0.3) is 11.8 Å². The smallest absolute Gasteiger partial charge is 0.337 e. The minimum Gasteiger partial charge on any atom is -0.493 e. The number of carbonyl (C=O) groups excluding carboxylic acids is 3. The molecule has 156 valence electrons. The number of hydrogen-bond acceptors (Lipinski definition) is 6. The Bertz CT molecular complexity index is 1110. The molecule has 0 bridgehead atoms. The zero-order chi connectivity index (χ0) is 23.0. The number of carboxylic acids is 1. The van der Waals surface area contributed by atoms with Crippen LogP contribution in [0.5, 0.6) is 11.5 Å². The Morgan fingerprint density at radius 2 is 1.74 bits per heavy atom. The molecule has 31 heavy (non-hydrogen) atoms. The first kappa shape index (κ1) is 22.5. The highest BCUT2D eigenvalue weighted by atomic mass is 16.5. The standard InChI is InChI=1S/C22H16N2O7/c1-4-19(25)23-16-12-17(30-3)18(11-15(16)22(28)29)31-13-24(20(26)5-2)21(27)14-9-7-6-8-10-14/h1-2,6-12H,13H2,3H3,(H,23,25)(H,28,29). The number of carboxylic acid groups (broad SMARTS) is 1. The predicted octanol–water partition coefficient (Wildman–Crippen LogP) is 1.60. The third-order valence-electron chi connectivity index (χ3n) is 3.90. The summed E-state index contributed by atoms with van der Waals surface area (Å²) in [5.41, 5.74) is -0.291. The van der Waals surface area contributed by atoms with Crippen molar-refractivity contribution in [2.24, 2.45) is 0 Å². The van der Waals surface area contributed by atoms with Crippen molar-refractivity contribution in [3.05, 3.63) is 53.6 Å². The number of benzene rings is 2. The van der Waals surface area contributed by atoms with E-state index in [0.29, 0.717) is 4.90 Å². The van der Waals surface area contributed by atoms with E-state index in [-0.39, 0.29) is 28.3 Å². The second-order valence-corrected chi connectivity index (χ2v) is 5.77. The molecular formula is C22H16N2O7. The summed E-state index contributed by atoms with van der Waals surface area (Å²) in [5, 5.41) is 11.7. The van der Waals surface area contributed by atoms with E-state index in [1.807, 2.05) is 5.92 Å². The van der Waals surface area contributed by atoms with Crippen molar-refractivity contribution in [3.63, 3.8) is 0 Å². The van der Waals surface area contributed by atoms with E-state index in [0.717, 1.165) is 6.07 Å². The van der Waals surface area contributed by atoms with Gasteiger partial charge in [-0.3, -0.25) is 14.4 Å². The highest BCUT2D eigenvalue weighted by Crippen LogP contribution is 2.34. The number of ether oxygens (including phenoxy) is 2. The van der Waals surface area contributed by atoms with Gasteiger partial charge in [-0.2, -0.15) is 0 Å². The predicted molar refractivity (Wildman–Crippen MR) is 109 cm³/mol. The monoisotopic (exact) mass is 420 g/mol. The molecule has 0 unspecified atom stereocenters. The number of amides is 3. The number of aromatic carboxylic acids is 1. The summed E-state index contributed by atoms with van der Waals surface area (Å²) in [4.78, 5) is 48.4. The van der Waals surface area contributed by atoms with Gasteiger partial charge in [-0.05, 0) is 24.0 Å². The number of imide groups is 1. The summed E-state index contributed by atoms with van der Waals surface area (Å²) < 4.78 is 10.6. The first-order valence-electron chi connectivity index (χ1n) is 8.55. The molecule has 9 heteroatoms. The molecule has 0 aliphatic carbocycles. The molecule has 0 aliphatic heterocycles. The second kappa shape index (κ2) is 10.1. The number of anilines is 1. The summed E-state index contributed by atoms with van der Waals surface area (Å²) >= 11 is 0. The average Bonchev–Trinajstić information content (AvgIpc) is 2.79. The summed E-state index contributed by atoms with van der Waals surface area (Å²) in [6.45, 7) is -0.623. The molecule has 0 heterocycles. The number of nitrogens with zero attached hydrogens (tertiary/aromatic N) is 1. The second-order valence-electron chi connectivity index (χ2n) is 5.77. The van der Waals surface area contributed by atoms with Crippen LogP contribution in [0.4, 0.5) is 5.69 Å². The lowest BCUT2D eigenvalue weighted by molar-refractivity contribution is -0.125. The normalized spacial score (nSPS) is 9.52. The van der Waals surface area contributed by atoms with E-state index >= 15 is 0 Å². The SMILES string of the molecule is C#CC(=O)Nc1cc(OC)c(OCN(C(=O)C#C)C(=O)c2ccccc2)cc1C(=O)O. The van der Waals surface area contributed by atoms with Crippen LogP contribution in [-0.4, -0.2) is 47.5 Å². The van der Waals surface area contributed by atoms with Crippen LogP contribution in [-0.2, 0) is 9.59 Å². The minimum absolute atomic E-state index is 0.0117. The first-order valence-corrected chi connectivity index (χ1v) is 8.55. The van der Waals surface area contributed by atoms with Crippen LogP contribution in [0, 0.1) is 24.7 Å². The van der Waals surface area contributed by atoms with Gasteiger partial charge in [0.1, 0.15) is 0 Å². The molecule has 2 aromatic rings. The van der Waals surface area contributed by atoms with Gasteiger partial charge in [0, 0.05) is 17.7 Å². The molecule has 2 aromatic carbocycles. The molecular weight excluding hydrogens is 404 g/mol. The fourth-order valence-electron chi connectivity index (χ4n) is 2.43. The van der Waals surface area contributed by atoms with E-state index in [1.54, 1.807) is 24.1 Å². The third-order valence-corrected chi connectivity index (χ3v) is 3.90. The zero-order valence-corrected chi connectivity index (χ0v) is 16.2. The molecule has 0 aromatic heterocycles. The van der Waals surface area contributed by atoms with Gasteiger partial charge in [-0.1, -0.05) is 18.2 Å². The fraction of sp³-hybridized carbons (Fsp3) is 0.0909. The highest BCUT2D eigenvalue weighted by Gasteiger charge is 2.24. The van der Waals surface area contributed by atoms with Crippen LogP contribution < -0.4 is 14.8 Å². The summed E-state index contributed by atoms with van der Waals surface area (Å²) in [6.07, 6.45) is 10.1. The number of methoxy groups -OCH3 is 1. The Balaban J connectivity index is 2.38. The van der Waals surface area contributed by atoms with Crippen LogP contribution in [0.15, 0.2) is 42.5 Å². The number of rotatable bonds is 7. The lowest BCUT2D eigenvalue weighted by Crippen LogP contribution is -2.39. The van der Waals surface area contributed by atoms with Crippen molar-refractivity contribution < 1.29 is 33.8 Å². The summed E-state index contributed by atoms with van der Waals surface area (Å²) in [6, 6.07) is 10.1. The van der Waals surface area contributed by atoms with Crippen LogP contribution in [0.1, 0.15) is 20.7 Å². The van der Waals surface area contributed by atoms with Crippen LogP contribution >= 0.6 is 0 Å². The third kappa shape index (κ3) is 5.40. The Hall–Kier alpha value is -4.76. The fourth-order valence-corrected chi connectivity index (χ4v) is 2.43. The molecule has 0 radical (unpaired) electrons. The molecule has 0 atom stereocenters. The van der Waals surface area contributed by atoms with Crippen molar-refractivity contribution in [1.29, 1.82) is 0 Å². The number of hydrogen-bond donors (Lipinski definition) is 2. The van der Waals surface area contributed by atoms with Crippen molar-refractivity contribution in [2.45, 2.75) is 0 Å². The van der Waals surface area contributed by atoms with Crippen molar-refractivity contribution in [1.82, 2.24) is 4.90 Å². The topological polar surface area (TPSA) is 122 Å². The quantitative estimate of drug-likeness (QED) is 0.515. The van der Waals surface area contributed by atoms with Crippen molar-refractivity contribution in [3.8, 4) is 36.2 Å². The van der Waals surface area contributed by atoms with E-state index in [1.165, 1.54) is 25.3 Å². The molecule has 0 fully saturated rings.